The predicted molar refractivity (Wildman–Crippen MR) is 111 cm³/mol. The lowest BCUT2D eigenvalue weighted by atomic mass is 10.0. The fourth-order valence-corrected chi connectivity index (χ4v) is 3.49. The van der Waals surface area contributed by atoms with Crippen LogP contribution < -0.4 is 15.0 Å². The Labute approximate surface area is 162 Å². The maximum atomic E-state index is 12.0. The van der Waals surface area contributed by atoms with Crippen LogP contribution in [0.25, 0.3) is 0 Å². The zero-order valence-corrected chi connectivity index (χ0v) is 16.4. The molecule has 0 bridgehead atoms. The minimum Gasteiger partial charge on any atom is -0.484 e. The van der Waals surface area contributed by atoms with Crippen LogP contribution in [-0.4, -0.2) is 32.1 Å². The van der Waals surface area contributed by atoms with Gasteiger partial charge in [0.15, 0.2) is 6.61 Å². The number of nitrogens with zero attached hydrogens (tertiary/aromatic N) is 1. The number of anilines is 1. The van der Waals surface area contributed by atoms with Crippen molar-refractivity contribution in [1.29, 1.82) is 0 Å². The van der Waals surface area contributed by atoms with Crippen LogP contribution in [0.4, 0.5) is 5.69 Å². The molecule has 0 saturated carbocycles. The molecule has 2 aromatic rings. The van der Waals surface area contributed by atoms with Gasteiger partial charge in [-0.1, -0.05) is 44.2 Å². The van der Waals surface area contributed by atoms with Crippen LogP contribution >= 0.6 is 0 Å². The highest BCUT2D eigenvalue weighted by molar-refractivity contribution is 5.77. The summed E-state index contributed by atoms with van der Waals surface area (Å²) in [4.78, 5) is 14.4. The molecule has 0 aromatic heterocycles. The van der Waals surface area contributed by atoms with Crippen LogP contribution in [-0.2, 0) is 11.2 Å². The van der Waals surface area contributed by atoms with Gasteiger partial charge in [-0.25, -0.2) is 0 Å². The molecule has 0 spiro atoms. The molecular weight excluding hydrogens is 336 g/mol. The molecule has 2 aromatic carbocycles. The van der Waals surface area contributed by atoms with E-state index in [1.807, 2.05) is 24.3 Å². The summed E-state index contributed by atoms with van der Waals surface area (Å²) in [5, 5.41) is 2.96. The zero-order chi connectivity index (χ0) is 19.1. The quantitative estimate of drug-likeness (QED) is 0.714. The summed E-state index contributed by atoms with van der Waals surface area (Å²) in [6.07, 6.45) is 3.30. The first-order valence-electron chi connectivity index (χ1n) is 9.96. The van der Waals surface area contributed by atoms with Gasteiger partial charge >= 0.3 is 0 Å². The van der Waals surface area contributed by atoms with E-state index in [1.165, 1.54) is 29.7 Å². The largest absolute Gasteiger partial charge is 0.484 e. The lowest BCUT2D eigenvalue weighted by molar-refractivity contribution is -0.123. The minimum atomic E-state index is -0.0676. The van der Waals surface area contributed by atoms with Gasteiger partial charge in [-0.05, 0) is 54.5 Å². The first-order valence-corrected chi connectivity index (χ1v) is 9.96. The molecule has 1 amide bonds. The maximum Gasteiger partial charge on any atom is 0.257 e. The smallest absolute Gasteiger partial charge is 0.257 e. The number of carbonyl (C=O) groups is 1. The van der Waals surface area contributed by atoms with E-state index in [2.05, 4.69) is 48.3 Å². The summed E-state index contributed by atoms with van der Waals surface area (Å²) >= 11 is 0. The average Bonchev–Trinajstić information content (AvgIpc) is 2.70. The molecule has 0 saturated heterocycles. The fourth-order valence-electron chi connectivity index (χ4n) is 3.49. The van der Waals surface area contributed by atoms with Gasteiger partial charge in [0.25, 0.3) is 5.91 Å². The number of nitrogens with one attached hydrogen (secondary N) is 1. The van der Waals surface area contributed by atoms with Crippen molar-refractivity contribution < 1.29 is 9.53 Å². The van der Waals surface area contributed by atoms with Crippen molar-refractivity contribution in [2.45, 2.75) is 39.0 Å². The van der Waals surface area contributed by atoms with Gasteiger partial charge in [0, 0.05) is 25.3 Å². The molecule has 0 aliphatic carbocycles. The third-order valence-electron chi connectivity index (χ3n) is 5.05. The number of rotatable bonds is 8. The Morgan fingerprint density at radius 3 is 2.70 bits per heavy atom. The number of carbonyl (C=O) groups excluding carboxylic acids is 1. The molecule has 1 aliphatic heterocycles. The standard InChI is InChI=1S/C23H30N2O2/c1-18(2)19-10-12-21(13-11-19)27-17-23(26)24-14-6-16-25-15-5-8-20-7-3-4-9-22(20)25/h3-4,7,9-13,18H,5-6,8,14-17H2,1-2H3,(H,24,26). The Balaban J connectivity index is 1.35. The summed E-state index contributed by atoms with van der Waals surface area (Å²) in [5.41, 5.74) is 4.05. The SMILES string of the molecule is CC(C)c1ccc(OCC(=O)NCCCN2CCCc3ccccc32)cc1. The highest BCUT2D eigenvalue weighted by atomic mass is 16.5. The van der Waals surface area contributed by atoms with Crippen molar-refractivity contribution in [2.75, 3.05) is 31.1 Å². The molecular formula is C23H30N2O2. The van der Waals surface area contributed by atoms with Crippen LogP contribution in [0.5, 0.6) is 5.75 Å². The Bertz CT molecular complexity index is 740. The Morgan fingerprint density at radius 1 is 1.15 bits per heavy atom. The van der Waals surface area contributed by atoms with Crippen LogP contribution in [0.2, 0.25) is 0 Å². The summed E-state index contributed by atoms with van der Waals surface area (Å²) in [5.74, 6) is 1.16. The van der Waals surface area contributed by atoms with E-state index in [0.717, 1.165) is 25.3 Å². The van der Waals surface area contributed by atoms with Crippen LogP contribution in [0.15, 0.2) is 48.5 Å². The summed E-state index contributed by atoms with van der Waals surface area (Å²) in [7, 11) is 0. The van der Waals surface area contributed by atoms with Crippen LogP contribution in [0, 0.1) is 0 Å². The van der Waals surface area contributed by atoms with E-state index in [9.17, 15) is 4.79 Å². The topological polar surface area (TPSA) is 41.6 Å². The molecule has 4 nitrogen and oxygen atoms in total. The van der Waals surface area contributed by atoms with Crippen LogP contribution in [0.3, 0.4) is 0 Å². The summed E-state index contributed by atoms with van der Waals surface area (Å²) in [6, 6.07) is 16.6. The van der Waals surface area contributed by atoms with Crippen molar-refractivity contribution in [3.63, 3.8) is 0 Å². The zero-order valence-electron chi connectivity index (χ0n) is 16.4. The Morgan fingerprint density at radius 2 is 1.93 bits per heavy atom. The molecule has 1 aliphatic rings. The van der Waals surface area contributed by atoms with Crippen LogP contribution in [0.1, 0.15) is 43.7 Å². The number of aryl methyl sites for hydroxylation is 1. The number of amides is 1. The van der Waals surface area contributed by atoms with Crippen molar-refractivity contribution in [1.82, 2.24) is 5.32 Å². The molecule has 0 unspecified atom stereocenters. The molecule has 0 fully saturated rings. The van der Waals surface area contributed by atoms with Gasteiger partial charge in [-0.15, -0.1) is 0 Å². The fraction of sp³-hybridized carbons (Fsp3) is 0.435. The van der Waals surface area contributed by atoms with Gasteiger partial charge in [-0.3, -0.25) is 4.79 Å². The third kappa shape index (κ3) is 5.49. The second-order valence-corrected chi connectivity index (χ2v) is 7.44. The summed E-state index contributed by atoms with van der Waals surface area (Å²) in [6.45, 7) is 7.12. The predicted octanol–water partition coefficient (Wildman–Crippen LogP) is 4.15. The minimum absolute atomic E-state index is 0.0631. The molecule has 3 rings (SSSR count). The number of benzene rings is 2. The molecule has 27 heavy (non-hydrogen) atoms. The van der Waals surface area contributed by atoms with Gasteiger partial charge in [-0.2, -0.15) is 0 Å². The molecule has 4 heteroatoms. The van der Waals surface area contributed by atoms with Gasteiger partial charge < -0.3 is 15.0 Å². The molecule has 144 valence electrons. The summed E-state index contributed by atoms with van der Waals surface area (Å²) < 4.78 is 5.57. The molecule has 0 atom stereocenters. The van der Waals surface area contributed by atoms with Crippen molar-refractivity contribution >= 4 is 11.6 Å². The third-order valence-corrected chi connectivity index (χ3v) is 5.05. The van der Waals surface area contributed by atoms with Crippen molar-refractivity contribution in [3.8, 4) is 5.75 Å². The number of para-hydroxylation sites is 1. The van der Waals surface area contributed by atoms with E-state index in [4.69, 9.17) is 4.74 Å². The average molecular weight is 367 g/mol. The second kappa shape index (κ2) is 9.45. The molecule has 1 heterocycles. The van der Waals surface area contributed by atoms with Crippen molar-refractivity contribution in [3.05, 3.63) is 59.7 Å². The molecule has 1 N–H and O–H groups in total. The lowest BCUT2D eigenvalue weighted by Crippen LogP contribution is -2.34. The van der Waals surface area contributed by atoms with E-state index in [1.54, 1.807) is 0 Å². The highest BCUT2D eigenvalue weighted by Crippen LogP contribution is 2.26. The Hall–Kier alpha value is -2.49. The normalized spacial score (nSPS) is 13.4. The number of fused-ring (bicyclic) bond motifs is 1. The lowest BCUT2D eigenvalue weighted by Gasteiger charge is -2.31. The first-order chi connectivity index (χ1) is 13.1. The maximum absolute atomic E-state index is 12.0. The monoisotopic (exact) mass is 366 g/mol. The van der Waals surface area contributed by atoms with Gasteiger partial charge in [0.05, 0.1) is 0 Å². The van der Waals surface area contributed by atoms with E-state index < -0.39 is 0 Å². The van der Waals surface area contributed by atoms with Gasteiger partial charge in [0.1, 0.15) is 5.75 Å². The number of hydrogen-bond acceptors (Lipinski definition) is 3. The van der Waals surface area contributed by atoms with Gasteiger partial charge in [0.2, 0.25) is 0 Å². The first kappa shape index (κ1) is 19.3. The Kier molecular flexibility index (Phi) is 6.74. The number of ether oxygens (including phenoxy) is 1. The van der Waals surface area contributed by atoms with E-state index >= 15 is 0 Å². The number of hydrogen-bond donors (Lipinski definition) is 1. The van der Waals surface area contributed by atoms with Crippen molar-refractivity contribution in [2.24, 2.45) is 0 Å². The second-order valence-electron chi connectivity index (χ2n) is 7.44. The van der Waals surface area contributed by atoms with E-state index in [0.29, 0.717) is 12.5 Å². The highest BCUT2D eigenvalue weighted by Gasteiger charge is 2.15. The molecule has 0 radical (unpaired) electrons. The van der Waals surface area contributed by atoms with E-state index in [-0.39, 0.29) is 12.5 Å².